The maximum absolute atomic E-state index is 12.5. The van der Waals surface area contributed by atoms with Crippen LogP contribution in [0.25, 0.3) is 0 Å². The van der Waals surface area contributed by atoms with Crippen LogP contribution >= 0.6 is 23.1 Å². The molecule has 0 spiro atoms. The number of thiophene rings is 1. The van der Waals surface area contributed by atoms with Crippen molar-refractivity contribution in [3.05, 3.63) is 21.9 Å². The second-order valence-electron chi connectivity index (χ2n) is 4.09. The van der Waals surface area contributed by atoms with Gasteiger partial charge in [-0.3, -0.25) is 4.79 Å². The van der Waals surface area contributed by atoms with Crippen molar-refractivity contribution in [2.24, 2.45) is 5.73 Å². The van der Waals surface area contributed by atoms with Crippen LogP contribution in [0, 0.1) is 11.8 Å². The average Bonchev–Trinajstić information content (AvgIpc) is 2.84. The number of amides is 1. The van der Waals surface area contributed by atoms with E-state index in [1.54, 1.807) is 0 Å². The molecule has 2 rings (SSSR count). The summed E-state index contributed by atoms with van der Waals surface area (Å²) >= 11 is 3.37. The number of carbonyl (C=O) groups excluding carboxylic acids is 1. The van der Waals surface area contributed by atoms with Gasteiger partial charge in [0, 0.05) is 29.7 Å². The molecule has 5 heteroatoms. The average molecular weight is 280 g/mol. The van der Waals surface area contributed by atoms with Gasteiger partial charge in [0.2, 0.25) is 0 Å². The molecule has 1 saturated heterocycles. The van der Waals surface area contributed by atoms with Crippen molar-refractivity contribution in [1.29, 1.82) is 0 Å². The second-order valence-corrected chi connectivity index (χ2v) is 6.16. The molecule has 1 amide bonds. The molecular formula is C13H16N2OS2. The number of thioether (sulfide) groups is 1. The highest BCUT2D eigenvalue weighted by Crippen LogP contribution is 2.23. The number of rotatable bonds is 1. The van der Waals surface area contributed by atoms with Crippen molar-refractivity contribution in [3.8, 4) is 11.8 Å². The van der Waals surface area contributed by atoms with Gasteiger partial charge in [0.1, 0.15) is 4.88 Å². The zero-order chi connectivity index (χ0) is 13.0. The third-order valence-corrected chi connectivity index (χ3v) is 4.90. The largest absolute Gasteiger partial charge is 0.334 e. The first-order valence-corrected chi connectivity index (χ1v) is 7.92. The second kappa shape index (κ2) is 6.28. The van der Waals surface area contributed by atoms with Gasteiger partial charge < -0.3 is 10.6 Å². The molecule has 0 bridgehead atoms. The van der Waals surface area contributed by atoms with Crippen LogP contribution in [0.5, 0.6) is 0 Å². The van der Waals surface area contributed by atoms with Crippen molar-refractivity contribution in [3.63, 3.8) is 0 Å². The third kappa shape index (κ3) is 2.89. The minimum Gasteiger partial charge on any atom is -0.334 e. The van der Waals surface area contributed by atoms with E-state index < -0.39 is 0 Å². The van der Waals surface area contributed by atoms with Gasteiger partial charge >= 0.3 is 0 Å². The number of hydrogen-bond acceptors (Lipinski definition) is 4. The van der Waals surface area contributed by atoms with Gasteiger partial charge in [-0.25, -0.2) is 0 Å². The quantitative estimate of drug-likeness (QED) is 0.796. The van der Waals surface area contributed by atoms with Crippen LogP contribution in [0.1, 0.15) is 22.2 Å². The summed E-state index contributed by atoms with van der Waals surface area (Å²) in [5, 5.41) is 1.91. The topological polar surface area (TPSA) is 46.3 Å². The Labute approximate surface area is 116 Å². The van der Waals surface area contributed by atoms with E-state index in [-0.39, 0.29) is 5.91 Å². The van der Waals surface area contributed by atoms with Crippen LogP contribution in [-0.2, 0) is 0 Å². The normalized spacial score (nSPS) is 19.2. The van der Waals surface area contributed by atoms with Gasteiger partial charge in [-0.05, 0) is 18.4 Å². The van der Waals surface area contributed by atoms with Crippen LogP contribution < -0.4 is 5.73 Å². The van der Waals surface area contributed by atoms with E-state index in [1.807, 2.05) is 28.1 Å². The van der Waals surface area contributed by atoms with E-state index in [9.17, 15) is 4.79 Å². The number of hydrogen-bond donors (Lipinski definition) is 1. The predicted molar refractivity (Wildman–Crippen MR) is 78.1 cm³/mol. The summed E-state index contributed by atoms with van der Waals surface area (Å²) in [6.45, 7) is 3.25. The lowest BCUT2D eigenvalue weighted by atomic mass is 10.2. The maximum Gasteiger partial charge on any atom is 0.265 e. The highest BCUT2D eigenvalue weighted by atomic mass is 32.2. The molecule has 2 N–H and O–H groups in total. The summed E-state index contributed by atoms with van der Waals surface area (Å²) < 4.78 is 0. The SMILES string of the molecule is CC1CSCCN1C(=O)c1sccc1C#CCN. The molecule has 1 atom stereocenters. The van der Waals surface area contributed by atoms with Crippen molar-refractivity contribution in [2.45, 2.75) is 13.0 Å². The van der Waals surface area contributed by atoms with Gasteiger partial charge in [-0.2, -0.15) is 11.8 Å². The Balaban J connectivity index is 2.20. The van der Waals surface area contributed by atoms with E-state index in [1.165, 1.54) is 11.3 Å². The first-order chi connectivity index (χ1) is 8.74. The molecule has 0 aliphatic carbocycles. The monoisotopic (exact) mass is 280 g/mol. The fourth-order valence-electron chi connectivity index (χ4n) is 1.88. The summed E-state index contributed by atoms with van der Waals surface area (Å²) in [5.74, 6) is 7.92. The lowest BCUT2D eigenvalue weighted by molar-refractivity contribution is 0.0721. The highest BCUT2D eigenvalue weighted by Gasteiger charge is 2.26. The lowest BCUT2D eigenvalue weighted by Gasteiger charge is -2.32. The zero-order valence-electron chi connectivity index (χ0n) is 10.3. The molecule has 0 aromatic carbocycles. The fourth-order valence-corrected chi connectivity index (χ4v) is 3.70. The molecule has 1 aliphatic rings. The van der Waals surface area contributed by atoms with Gasteiger partial charge in [0.25, 0.3) is 5.91 Å². The van der Waals surface area contributed by atoms with E-state index in [0.29, 0.717) is 12.6 Å². The summed E-state index contributed by atoms with van der Waals surface area (Å²) in [4.78, 5) is 15.2. The van der Waals surface area contributed by atoms with Gasteiger partial charge in [0.05, 0.1) is 6.54 Å². The van der Waals surface area contributed by atoms with Gasteiger partial charge in [0.15, 0.2) is 0 Å². The summed E-state index contributed by atoms with van der Waals surface area (Å²) in [5.41, 5.74) is 6.17. The molecular weight excluding hydrogens is 264 g/mol. The molecule has 1 aromatic heterocycles. The van der Waals surface area contributed by atoms with Crippen molar-refractivity contribution < 1.29 is 4.79 Å². The number of carbonyl (C=O) groups is 1. The molecule has 1 aromatic rings. The molecule has 0 saturated carbocycles. The number of nitrogens with two attached hydrogens (primary N) is 1. The van der Waals surface area contributed by atoms with Crippen molar-refractivity contribution >= 4 is 29.0 Å². The molecule has 1 aliphatic heterocycles. The molecule has 0 radical (unpaired) electrons. The smallest absolute Gasteiger partial charge is 0.265 e. The maximum atomic E-state index is 12.5. The molecule has 96 valence electrons. The van der Waals surface area contributed by atoms with Crippen LogP contribution in [0.3, 0.4) is 0 Å². The Kier molecular flexibility index (Phi) is 4.70. The Morgan fingerprint density at radius 3 is 3.22 bits per heavy atom. The minimum absolute atomic E-state index is 0.110. The Hall–Kier alpha value is -0.960. The first kappa shape index (κ1) is 13.5. The van der Waals surface area contributed by atoms with Crippen LogP contribution in [0.4, 0.5) is 0 Å². The molecule has 2 heterocycles. The summed E-state index contributed by atoms with van der Waals surface area (Å²) in [6.07, 6.45) is 0. The van der Waals surface area contributed by atoms with E-state index in [0.717, 1.165) is 28.5 Å². The highest BCUT2D eigenvalue weighted by molar-refractivity contribution is 7.99. The van der Waals surface area contributed by atoms with Crippen LogP contribution in [-0.4, -0.2) is 41.4 Å². The standard InChI is InChI=1S/C13H16N2OS2/c1-10-9-17-8-6-15(10)13(16)12-11(3-2-5-14)4-7-18-12/h4,7,10H,5-6,8-9,14H2,1H3. The Morgan fingerprint density at radius 1 is 1.67 bits per heavy atom. The molecule has 3 nitrogen and oxygen atoms in total. The fraction of sp³-hybridized carbons (Fsp3) is 0.462. The summed E-state index contributed by atoms with van der Waals surface area (Å²) in [7, 11) is 0. The lowest BCUT2D eigenvalue weighted by Crippen LogP contribution is -2.44. The van der Waals surface area contributed by atoms with E-state index >= 15 is 0 Å². The van der Waals surface area contributed by atoms with Crippen LogP contribution in [0.2, 0.25) is 0 Å². The molecule has 18 heavy (non-hydrogen) atoms. The molecule has 1 fully saturated rings. The van der Waals surface area contributed by atoms with E-state index in [4.69, 9.17) is 5.73 Å². The Morgan fingerprint density at radius 2 is 2.50 bits per heavy atom. The molecule has 1 unspecified atom stereocenters. The summed E-state index contributed by atoms with van der Waals surface area (Å²) in [6, 6.07) is 2.19. The predicted octanol–water partition coefficient (Wildman–Crippen LogP) is 1.64. The Bertz CT molecular complexity index is 487. The number of nitrogens with zero attached hydrogens (tertiary/aromatic N) is 1. The zero-order valence-corrected chi connectivity index (χ0v) is 11.9. The van der Waals surface area contributed by atoms with Crippen molar-refractivity contribution in [2.75, 3.05) is 24.6 Å². The van der Waals surface area contributed by atoms with Gasteiger partial charge in [-0.15, -0.1) is 11.3 Å². The van der Waals surface area contributed by atoms with E-state index in [2.05, 4.69) is 18.8 Å². The van der Waals surface area contributed by atoms with Crippen LogP contribution in [0.15, 0.2) is 11.4 Å². The van der Waals surface area contributed by atoms with Crippen molar-refractivity contribution in [1.82, 2.24) is 4.90 Å². The third-order valence-electron chi connectivity index (χ3n) is 2.81. The first-order valence-electron chi connectivity index (χ1n) is 5.89. The van der Waals surface area contributed by atoms with Gasteiger partial charge in [-0.1, -0.05) is 11.8 Å². The minimum atomic E-state index is 0.110.